The molecule has 0 aromatic carbocycles. The number of aryl methyl sites for hydroxylation is 1. The number of nitrogens with zero attached hydrogens (tertiary/aromatic N) is 1. The van der Waals surface area contributed by atoms with Gasteiger partial charge in [0.1, 0.15) is 18.2 Å². The Morgan fingerprint density at radius 1 is 1.41 bits per heavy atom. The number of aromatic nitrogens is 1. The van der Waals surface area contributed by atoms with E-state index in [-0.39, 0.29) is 12.5 Å². The number of ether oxygens (including phenoxy) is 2. The summed E-state index contributed by atoms with van der Waals surface area (Å²) in [4.78, 5) is 4.41. The standard InChI is InChI=1S/C13H15NO3/c15-9-10-3-4-11-2-1-5-14-12(11)13(8-10)16-6-7-17-13/h1-2,5-7,10,15H,3-4,8-9H2. The van der Waals surface area contributed by atoms with E-state index in [1.165, 1.54) is 0 Å². The smallest absolute Gasteiger partial charge is 0.294 e. The van der Waals surface area contributed by atoms with Crippen molar-refractivity contribution in [3.8, 4) is 0 Å². The topological polar surface area (TPSA) is 51.6 Å². The van der Waals surface area contributed by atoms with Crippen molar-refractivity contribution in [3.05, 3.63) is 42.1 Å². The first kappa shape index (κ1) is 10.6. The third-order valence-corrected chi connectivity index (χ3v) is 3.46. The zero-order chi connectivity index (χ0) is 11.7. The molecule has 0 amide bonds. The van der Waals surface area contributed by atoms with Gasteiger partial charge in [0.05, 0.1) is 0 Å². The molecule has 2 heterocycles. The minimum atomic E-state index is -0.819. The van der Waals surface area contributed by atoms with Gasteiger partial charge in [0.2, 0.25) is 0 Å². The Balaban J connectivity index is 2.04. The molecule has 0 saturated heterocycles. The number of hydrogen-bond acceptors (Lipinski definition) is 4. The molecule has 4 heteroatoms. The SMILES string of the molecule is OCC1CCc2cccnc2C2(C1)OC=CO2. The third-order valence-electron chi connectivity index (χ3n) is 3.46. The van der Waals surface area contributed by atoms with Gasteiger partial charge in [-0.3, -0.25) is 4.98 Å². The lowest BCUT2D eigenvalue weighted by atomic mass is 9.97. The highest BCUT2D eigenvalue weighted by Crippen LogP contribution is 2.42. The van der Waals surface area contributed by atoms with Crippen LogP contribution in [-0.2, 0) is 21.7 Å². The Morgan fingerprint density at radius 3 is 3.00 bits per heavy atom. The molecule has 2 aliphatic rings. The van der Waals surface area contributed by atoms with Crippen LogP contribution in [0.25, 0.3) is 0 Å². The van der Waals surface area contributed by atoms with Crippen LogP contribution in [-0.4, -0.2) is 16.7 Å². The average molecular weight is 233 g/mol. The van der Waals surface area contributed by atoms with Gasteiger partial charge in [-0.1, -0.05) is 6.07 Å². The molecule has 0 radical (unpaired) electrons. The highest BCUT2D eigenvalue weighted by Gasteiger charge is 2.44. The van der Waals surface area contributed by atoms with Gasteiger partial charge in [0.25, 0.3) is 5.79 Å². The summed E-state index contributed by atoms with van der Waals surface area (Å²) >= 11 is 0. The zero-order valence-electron chi connectivity index (χ0n) is 9.50. The van der Waals surface area contributed by atoms with Crippen molar-refractivity contribution in [2.45, 2.75) is 25.0 Å². The molecule has 0 saturated carbocycles. The van der Waals surface area contributed by atoms with Gasteiger partial charge in [-0.05, 0) is 30.4 Å². The van der Waals surface area contributed by atoms with Crippen LogP contribution in [0, 0.1) is 5.92 Å². The Hall–Kier alpha value is -1.55. The first-order chi connectivity index (χ1) is 8.34. The van der Waals surface area contributed by atoms with Crippen LogP contribution in [0.15, 0.2) is 30.9 Å². The highest BCUT2D eigenvalue weighted by molar-refractivity contribution is 5.27. The summed E-state index contributed by atoms with van der Waals surface area (Å²) < 4.78 is 11.3. The highest BCUT2D eigenvalue weighted by atomic mass is 16.7. The summed E-state index contributed by atoms with van der Waals surface area (Å²) in [5.74, 6) is -0.635. The molecule has 17 heavy (non-hydrogen) atoms. The summed E-state index contributed by atoms with van der Waals surface area (Å²) in [6.45, 7) is 0.155. The maximum Gasteiger partial charge on any atom is 0.294 e. The number of aliphatic hydroxyl groups excluding tert-OH is 1. The predicted molar refractivity (Wildman–Crippen MR) is 60.7 cm³/mol. The molecule has 1 aromatic heterocycles. The van der Waals surface area contributed by atoms with Crippen molar-refractivity contribution < 1.29 is 14.6 Å². The lowest BCUT2D eigenvalue weighted by molar-refractivity contribution is -0.167. The van der Waals surface area contributed by atoms with E-state index in [1.807, 2.05) is 6.07 Å². The van der Waals surface area contributed by atoms with Crippen molar-refractivity contribution in [1.29, 1.82) is 0 Å². The van der Waals surface area contributed by atoms with Crippen molar-refractivity contribution in [3.63, 3.8) is 0 Å². The monoisotopic (exact) mass is 233 g/mol. The molecule has 3 rings (SSSR count). The Labute approximate surface area is 99.9 Å². The largest absolute Gasteiger partial charge is 0.451 e. The number of fused-ring (bicyclic) bond motifs is 2. The lowest BCUT2D eigenvalue weighted by Crippen LogP contribution is -2.31. The van der Waals surface area contributed by atoms with Crippen molar-refractivity contribution in [2.24, 2.45) is 5.92 Å². The van der Waals surface area contributed by atoms with Crippen LogP contribution >= 0.6 is 0 Å². The van der Waals surface area contributed by atoms with Gasteiger partial charge < -0.3 is 14.6 Å². The molecular formula is C13H15NO3. The van der Waals surface area contributed by atoms with Crippen LogP contribution in [0.4, 0.5) is 0 Å². The van der Waals surface area contributed by atoms with Crippen molar-refractivity contribution >= 4 is 0 Å². The van der Waals surface area contributed by atoms with Gasteiger partial charge in [0, 0.05) is 19.2 Å². The van der Waals surface area contributed by atoms with Gasteiger partial charge >= 0.3 is 0 Å². The van der Waals surface area contributed by atoms with Gasteiger partial charge in [-0.15, -0.1) is 0 Å². The molecule has 0 fully saturated rings. The van der Waals surface area contributed by atoms with E-state index in [0.717, 1.165) is 24.1 Å². The fourth-order valence-corrected chi connectivity index (χ4v) is 2.59. The first-order valence-electron chi connectivity index (χ1n) is 5.90. The second-order valence-corrected chi connectivity index (χ2v) is 4.56. The second-order valence-electron chi connectivity index (χ2n) is 4.56. The fourth-order valence-electron chi connectivity index (χ4n) is 2.59. The van der Waals surface area contributed by atoms with Gasteiger partial charge in [0.15, 0.2) is 0 Å². The number of aliphatic hydroxyl groups is 1. The summed E-state index contributed by atoms with van der Waals surface area (Å²) in [5.41, 5.74) is 1.99. The molecule has 1 atom stereocenters. The molecule has 4 nitrogen and oxygen atoms in total. The van der Waals surface area contributed by atoms with E-state index in [9.17, 15) is 5.11 Å². The minimum Gasteiger partial charge on any atom is -0.451 e. The lowest BCUT2D eigenvalue weighted by Gasteiger charge is -2.28. The molecule has 1 aliphatic heterocycles. The van der Waals surface area contributed by atoms with Gasteiger partial charge in [-0.2, -0.15) is 0 Å². The average Bonchev–Trinajstić information content (AvgIpc) is 2.77. The summed E-state index contributed by atoms with van der Waals surface area (Å²) in [6, 6.07) is 3.98. The van der Waals surface area contributed by atoms with Crippen LogP contribution in [0.3, 0.4) is 0 Å². The number of hydrogen-bond donors (Lipinski definition) is 1. The zero-order valence-corrected chi connectivity index (χ0v) is 9.50. The van der Waals surface area contributed by atoms with Crippen molar-refractivity contribution in [2.75, 3.05) is 6.61 Å². The van der Waals surface area contributed by atoms with E-state index in [2.05, 4.69) is 11.1 Å². The second kappa shape index (κ2) is 4.04. The Bertz CT molecular complexity index is 436. The van der Waals surface area contributed by atoms with Gasteiger partial charge in [-0.25, -0.2) is 0 Å². The van der Waals surface area contributed by atoms with Crippen LogP contribution in [0.5, 0.6) is 0 Å². The normalized spacial score (nSPS) is 24.9. The van der Waals surface area contributed by atoms with Crippen LogP contribution in [0.1, 0.15) is 24.1 Å². The van der Waals surface area contributed by atoms with Crippen LogP contribution < -0.4 is 0 Å². The number of rotatable bonds is 1. The van der Waals surface area contributed by atoms with Crippen LogP contribution in [0.2, 0.25) is 0 Å². The number of pyridine rings is 1. The van der Waals surface area contributed by atoms with E-state index in [4.69, 9.17) is 9.47 Å². The van der Waals surface area contributed by atoms with E-state index < -0.39 is 5.79 Å². The van der Waals surface area contributed by atoms with E-state index >= 15 is 0 Å². The van der Waals surface area contributed by atoms with E-state index in [0.29, 0.717) is 6.42 Å². The summed E-state index contributed by atoms with van der Waals surface area (Å²) in [6.07, 6.45) is 7.34. The Kier molecular flexibility index (Phi) is 2.52. The molecule has 90 valence electrons. The molecular weight excluding hydrogens is 218 g/mol. The van der Waals surface area contributed by atoms with E-state index in [1.54, 1.807) is 18.7 Å². The third kappa shape index (κ3) is 1.69. The molecule has 1 aromatic rings. The van der Waals surface area contributed by atoms with Crippen molar-refractivity contribution in [1.82, 2.24) is 4.98 Å². The first-order valence-corrected chi connectivity index (χ1v) is 5.90. The maximum atomic E-state index is 9.39. The summed E-state index contributed by atoms with van der Waals surface area (Å²) in [7, 11) is 0. The minimum absolute atomic E-state index is 0.155. The summed E-state index contributed by atoms with van der Waals surface area (Å²) in [5, 5.41) is 9.39. The molecule has 1 unspecified atom stereocenters. The Morgan fingerprint density at radius 2 is 2.24 bits per heavy atom. The fraction of sp³-hybridized carbons (Fsp3) is 0.462. The molecule has 1 N–H and O–H groups in total. The maximum absolute atomic E-state index is 9.39. The predicted octanol–water partition coefficient (Wildman–Crippen LogP) is 1.70. The molecule has 0 bridgehead atoms. The quantitative estimate of drug-likeness (QED) is 0.802. The molecule has 1 spiro atoms. The molecule has 1 aliphatic carbocycles.